The molecule has 0 amide bonds. The third-order valence-corrected chi connectivity index (χ3v) is 3.74. The maximum atomic E-state index is 4.27. The molecule has 0 radical (unpaired) electrons. The summed E-state index contributed by atoms with van der Waals surface area (Å²) < 4.78 is 0. The van der Waals surface area contributed by atoms with Crippen molar-refractivity contribution in [1.29, 1.82) is 0 Å². The summed E-state index contributed by atoms with van der Waals surface area (Å²) in [6.45, 7) is 9.54. The Labute approximate surface area is 119 Å². The Kier molecular flexibility index (Phi) is 4.32. The second-order valence-corrected chi connectivity index (χ2v) is 6.74. The molecule has 2 aromatic rings. The number of nitrogens with one attached hydrogen (secondary N) is 2. The van der Waals surface area contributed by atoms with Gasteiger partial charge in [0.1, 0.15) is 0 Å². The van der Waals surface area contributed by atoms with E-state index in [0.29, 0.717) is 0 Å². The highest BCUT2D eigenvalue weighted by Gasteiger charge is 2.11. The Morgan fingerprint density at radius 3 is 2.74 bits per heavy atom. The molecule has 1 aromatic heterocycles. The molecule has 1 heterocycles. The van der Waals surface area contributed by atoms with E-state index in [0.717, 1.165) is 11.7 Å². The molecule has 0 atom stereocenters. The molecule has 0 saturated carbocycles. The molecule has 102 valence electrons. The smallest absolute Gasteiger partial charge is 0.170 e. The van der Waals surface area contributed by atoms with Crippen molar-refractivity contribution in [3.63, 3.8) is 0 Å². The van der Waals surface area contributed by atoms with Gasteiger partial charge >= 0.3 is 0 Å². The lowest BCUT2D eigenvalue weighted by Crippen LogP contribution is -2.35. The highest BCUT2D eigenvalue weighted by molar-refractivity contribution is 7.99. The van der Waals surface area contributed by atoms with Crippen LogP contribution >= 0.6 is 11.8 Å². The van der Waals surface area contributed by atoms with E-state index in [-0.39, 0.29) is 5.54 Å². The summed E-state index contributed by atoms with van der Waals surface area (Å²) in [5, 5.41) is 4.47. The first-order valence-corrected chi connectivity index (χ1v) is 7.27. The van der Waals surface area contributed by atoms with E-state index in [1.165, 1.54) is 16.0 Å². The quantitative estimate of drug-likeness (QED) is 0.892. The maximum Gasteiger partial charge on any atom is 0.170 e. The molecule has 0 aliphatic rings. The van der Waals surface area contributed by atoms with Crippen LogP contribution < -0.4 is 5.32 Å². The summed E-state index contributed by atoms with van der Waals surface area (Å²) in [7, 11) is 0. The van der Waals surface area contributed by atoms with E-state index < -0.39 is 0 Å². The van der Waals surface area contributed by atoms with Crippen molar-refractivity contribution >= 4 is 11.8 Å². The van der Waals surface area contributed by atoms with Crippen LogP contribution in [0.3, 0.4) is 0 Å². The van der Waals surface area contributed by atoms with Gasteiger partial charge in [0.15, 0.2) is 5.16 Å². The SMILES string of the molecule is Cc1ccc(Sc2ncc[nH]2)c(CNC(C)(C)C)c1. The number of hydrogen-bond acceptors (Lipinski definition) is 3. The molecule has 2 rings (SSSR count). The first kappa shape index (κ1) is 14.2. The molecule has 0 unspecified atom stereocenters. The van der Waals surface area contributed by atoms with Crippen LogP contribution in [0.5, 0.6) is 0 Å². The first-order valence-electron chi connectivity index (χ1n) is 6.46. The van der Waals surface area contributed by atoms with Crippen molar-refractivity contribution < 1.29 is 0 Å². The van der Waals surface area contributed by atoms with Crippen LogP contribution in [0, 0.1) is 6.92 Å². The number of imidazole rings is 1. The van der Waals surface area contributed by atoms with Gasteiger partial charge < -0.3 is 10.3 Å². The zero-order chi connectivity index (χ0) is 13.9. The molecule has 1 aromatic carbocycles. The van der Waals surface area contributed by atoms with Crippen LogP contribution in [0.4, 0.5) is 0 Å². The van der Waals surface area contributed by atoms with Gasteiger partial charge in [0.25, 0.3) is 0 Å². The van der Waals surface area contributed by atoms with Crippen molar-refractivity contribution in [2.24, 2.45) is 0 Å². The molecule has 19 heavy (non-hydrogen) atoms. The van der Waals surface area contributed by atoms with Gasteiger partial charge in [-0.25, -0.2) is 4.98 Å². The Hall–Kier alpha value is -1.26. The lowest BCUT2D eigenvalue weighted by atomic mass is 10.1. The third kappa shape index (κ3) is 4.40. The number of aromatic nitrogens is 2. The van der Waals surface area contributed by atoms with E-state index in [9.17, 15) is 0 Å². The number of rotatable bonds is 4. The van der Waals surface area contributed by atoms with Crippen molar-refractivity contribution in [2.45, 2.75) is 49.8 Å². The standard InChI is InChI=1S/C15H21N3S/c1-11-5-6-13(19-14-16-7-8-17-14)12(9-11)10-18-15(2,3)4/h5-9,18H,10H2,1-4H3,(H,16,17). The molecule has 0 aliphatic carbocycles. The molecule has 0 aliphatic heterocycles. The second kappa shape index (κ2) is 5.80. The first-order chi connectivity index (χ1) is 8.94. The summed E-state index contributed by atoms with van der Waals surface area (Å²) in [6.07, 6.45) is 3.63. The fourth-order valence-electron chi connectivity index (χ4n) is 1.72. The fourth-order valence-corrected chi connectivity index (χ4v) is 2.56. The molecular weight excluding hydrogens is 254 g/mol. The lowest BCUT2D eigenvalue weighted by molar-refractivity contribution is 0.422. The number of aromatic amines is 1. The van der Waals surface area contributed by atoms with Crippen LogP contribution in [0.2, 0.25) is 0 Å². The van der Waals surface area contributed by atoms with Gasteiger partial charge in [-0.3, -0.25) is 0 Å². The largest absolute Gasteiger partial charge is 0.339 e. The predicted octanol–water partition coefficient (Wildman–Crippen LogP) is 3.76. The van der Waals surface area contributed by atoms with Gasteiger partial charge in [-0.2, -0.15) is 0 Å². The highest BCUT2D eigenvalue weighted by atomic mass is 32.2. The Morgan fingerprint density at radius 2 is 2.11 bits per heavy atom. The van der Waals surface area contributed by atoms with Gasteiger partial charge in [0, 0.05) is 29.4 Å². The highest BCUT2D eigenvalue weighted by Crippen LogP contribution is 2.28. The molecule has 0 saturated heterocycles. The number of H-pyrrole nitrogens is 1. The van der Waals surface area contributed by atoms with Gasteiger partial charge in [-0.05, 0) is 39.3 Å². The van der Waals surface area contributed by atoms with E-state index in [1.807, 2.05) is 6.20 Å². The van der Waals surface area contributed by atoms with E-state index in [2.05, 4.69) is 61.2 Å². The molecule has 0 spiro atoms. The van der Waals surface area contributed by atoms with Crippen LogP contribution in [0.1, 0.15) is 31.9 Å². The fraction of sp³-hybridized carbons (Fsp3) is 0.400. The molecule has 3 nitrogen and oxygen atoms in total. The van der Waals surface area contributed by atoms with Crippen molar-refractivity contribution in [3.05, 3.63) is 41.7 Å². The topological polar surface area (TPSA) is 40.7 Å². The molecule has 4 heteroatoms. The van der Waals surface area contributed by atoms with Crippen molar-refractivity contribution in [3.8, 4) is 0 Å². The van der Waals surface area contributed by atoms with E-state index in [1.54, 1.807) is 18.0 Å². The average molecular weight is 275 g/mol. The van der Waals surface area contributed by atoms with Crippen molar-refractivity contribution in [2.75, 3.05) is 0 Å². The number of benzene rings is 1. The van der Waals surface area contributed by atoms with Gasteiger partial charge in [0.05, 0.1) is 0 Å². The summed E-state index contributed by atoms with van der Waals surface area (Å²) in [5.74, 6) is 0. The number of hydrogen-bond donors (Lipinski definition) is 2. The predicted molar refractivity (Wildman–Crippen MR) is 80.5 cm³/mol. The molecular formula is C15H21N3S. The average Bonchev–Trinajstić information content (AvgIpc) is 2.81. The molecule has 0 bridgehead atoms. The van der Waals surface area contributed by atoms with Gasteiger partial charge in [-0.15, -0.1) is 0 Å². The van der Waals surface area contributed by atoms with Crippen LogP contribution in [0.25, 0.3) is 0 Å². The van der Waals surface area contributed by atoms with Crippen LogP contribution in [0.15, 0.2) is 40.6 Å². The third-order valence-electron chi connectivity index (χ3n) is 2.70. The minimum atomic E-state index is 0.121. The maximum absolute atomic E-state index is 4.27. The Morgan fingerprint density at radius 1 is 1.32 bits per heavy atom. The van der Waals surface area contributed by atoms with Gasteiger partial charge in [0.2, 0.25) is 0 Å². The summed E-state index contributed by atoms with van der Waals surface area (Å²) in [4.78, 5) is 8.65. The molecule has 0 fully saturated rings. The Bertz CT molecular complexity index is 527. The molecule has 2 N–H and O–H groups in total. The summed E-state index contributed by atoms with van der Waals surface area (Å²) in [5.41, 5.74) is 2.72. The number of aryl methyl sites for hydroxylation is 1. The monoisotopic (exact) mass is 275 g/mol. The van der Waals surface area contributed by atoms with Crippen molar-refractivity contribution in [1.82, 2.24) is 15.3 Å². The summed E-state index contributed by atoms with van der Waals surface area (Å²) >= 11 is 1.67. The van der Waals surface area contributed by atoms with Gasteiger partial charge in [-0.1, -0.05) is 29.5 Å². The number of nitrogens with zero attached hydrogens (tertiary/aromatic N) is 1. The van der Waals surface area contributed by atoms with Crippen LogP contribution in [-0.2, 0) is 6.54 Å². The van der Waals surface area contributed by atoms with E-state index in [4.69, 9.17) is 0 Å². The van der Waals surface area contributed by atoms with E-state index >= 15 is 0 Å². The zero-order valence-electron chi connectivity index (χ0n) is 11.9. The summed E-state index contributed by atoms with van der Waals surface area (Å²) in [6, 6.07) is 6.55. The Balaban J connectivity index is 2.18. The lowest BCUT2D eigenvalue weighted by Gasteiger charge is -2.21. The normalized spacial score (nSPS) is 11.8. The van der Waals surface area contributed by atoms with Crippen LogP contribution in [-0.4, -0.2) is 15.5 Å². The minimum Gasteiger partial charge on any atom is -0.339 e. The second-order valence-electron chi connectivity index (χ2n) is 5.71. The minimum absolute atomic E-state index is 0.121. The zero-order valence-corrected chi connectivity index (χ0v) is 12.8.